The van der Waals surface area contributed by atoms with E-state index in [2.05, 4.69) is 5.32 Å². The molecule has 1 fully saturated rings. The summed E-state index contributed by atoms with van der Waals surface area (Å²) in [5.41, 5.74) is 2.66. The van der Waals surface area contributed by atoms with Crippen LogP contribution in [-0.2, 0) is 16.1 Å². The second-order valence-corrected chi connectivity index (χ2v) is 10.9. The fourth-order valence-electron chi connectivity index (χ4n) is 4.17. The number of thioether (sulfide) groups is 2. The Morgan fingerprint density at radius 2 is 1.73 bits per heavy atom. The van der Waals surface area contributed by atoms with Gasteiger partial charge in [-0.05, 0) is 54.6 Å². The molecule has 12 heteroatoms. The van der Waals surface area contributed by atoms with Gasteiger partial charge in [0.15, 0.2) is 5.17 Å². The normalized spacial score (nSPS) is 17.9. The first-order valence-corrected chi connectivity index (χ1v) is 13.9. The Balaban J connectivity index is 1.57. The molecule has 2 aliphatic heterocycles. The first-order valence-electron chi connectivity index (χ1n) is 12.3. The first kappa shape index (κ1) is 27.7. The van der Waals surface area contributed by atoms with Gasteiger partial charge >= 0.3 is 12.1 Å². The van der Waals surface area contributed by atoms with Gasteiger partial charge in [0.1, 0.15) is 4.91 Å². The first-order chi connectivity index (χ1) is 19.2. The van der Waals surface area contributed by atoms with E-state index in [4.69, 9.17) is 4.99 Å². The van der Waals surface area contributed by atoms with Crippen molar-refractivity contribution in [2.75, 3.05) is 29.1 Å². The molecule has 0 bridgehead atoms. The zero-order valence-corrected chi connectivity index (χ0v) is 23.1. The average Bonchev–Trinajstić information content (AvgIpc) is 3.42. The number of amides is 2. The fraction of sp³-hybridized carbons (Fsp3) is 0.179. The highest BCUT2D eigenvalue weighted by Crippen LogP contribution is 2.50. The molecule has 0 aliphatic carbocycles. The Morgan fingerprint density at radius 1 is 1.00 bits per heavy atom. The third-order valence-electron chi connectivity index (χ3n) is 6.08. The molecule has 3 aromatic carbocycles. The maximum Gasteiger partial charge on any atom is 0.471 e. The summed E-state index contributed by atoms with van der Waals surface area (Å²) in [4.78, 5) is 35.2. The number of carbonyl (C=O) groups is 2. The molecule has 5 rings (SSSR count). The summed E-state index contributed by atoms with van der Waals surface area (Å²) < 4.78 is 38.6. The van der Waals surface area contributed by atoms with Crippen LogP contribution in [0.25, 0.3) is 0 Å². The Bertz CT molecular complexity index is 1530. The smallest absolute Gasteiger partial charge is 0.384 e. The van der Waals surface area contributed by atoms with Crippen LogP contribution in [0.2, 0.25) is 0 Å². The van der Waals surface area contributed by atoms with E-state index in [0.29, 0.717) is 22.3 Å². The summed E-state index contributed by atoms with van der Waals surface area (Å²) in [6.07, 6.45) is -5.03. The lowest BCUT2D eigenvalue weighted by atomic mass is 10.2. The predicted octanol–water partition coefficient (Wildman–Crippen LogP) is 6.79. The van der Waals surface area contributed by atoms with Gasteiger partial charge in [0.05, 0.1) is 28.6 Å². The van der Waals surface area contributed by atoms with E-state index in [0.717, 1.165) is 21.2 Å². The minimum atomic E-state index is -5.03. The summed E-state index contributed by atoms with van der Waals surface area (Å²) in [7, 11) is 1.90. The highest BCUT2D eigenvalue weighted by Gasteiger charge is 2.40. The summed E-state index contributed by atoms with van der Waals surface area (Å²) in [5, 5.41) is 6.17. The quantitative estimate of drug-likeness (QED) is 0.311. The van der Waals surface area contributed by atoms with E-state index < -0.39 is 12.1 Å². The van der Waals surface area contributed by atoms with Crippen LogP contribution in [-0.4, -0.2) is 41.7 Å². The molecule has 0 aromatic heterocycles. The van der Waals surface area contributed by atoms with Crippen LogP contribution < -0.4 is 15.5 Å². The molecule has 206 valence electrons. The highest BCUT2D eigenvalue weighted by atomic mass is 32.2. The molecule has 2 heterocycles. The minimum absolute atomic E-state index is 0.0626. The van der Waals surface area contributed by atoms with Crippen molar-refractivity contribution in [3.63, 3.8) is 0 Å². The lowest BCUT2D eigenvalue weighted by Crippen LogP contribution is -2.30. The maximum atomic E-state index is 13.9. The Morgan fingerprint density at radius 3 is 2.42 bits per heavy atom. The number of rotatable bonds is 6. The van der Waals surface area contributed by atoms with Gasteiger partial charge in [-0.15, -0.1) is 0 Å². The van der Waals surface area contributed by atoms with Crippen molar-refractivity contribution in [1.29, 1.82) is 0 Å². The summed E-state index contributed by atoms with van der Waals surface area (Å²) in [6.45, 7) is 2.66. The number of hydrogen-bond donors (Lipinski definition) is 2. The van der Waals surface area contributed by atoms with Gasteiger partial charge in [-0.2, -0.15) is 13.2 Å². The summed E-state index contributed by atoms with van der Waals surface area (Å²) in [6, 6.07) is 21.6. The predicted molar refractivity (Wildman–Crippen MR) is 155 cm³/mol. The molecule has 0 unspecified atom stereocenters. The van der Waals surface area contributed by atoms with Gasteiger partial charge < -0.3 is 15.5 Å². The van der Waals surface area contributed by atoms with E-state index in [1.807, 2.05) is 78.8 Å². The zero-order chi connectivity index (χ0) is 28.4. The van der Waals surface area contributed by atoms with Gasteiger partial charge in [0.2, 0.25) is 0 Å². The van der Waals surface area contributed by atoms with Gasteiger partial charge in [0.25, 0.3) is 5.91 Å². The van der Waals surface area contributed by atoms with Crippen LogP contribution in [0.3, 0.4) is 0 Å². The minimum Gasteiger partial charge on any atom is -0.384 e. The lowest BCUT2D eigenvalue weighted by Gasteiger charge is -2.17. The monoisotopic (exact) mass is 583 g/mol. The topological polar surface area (TPSA) is 77.0 Å². The SMILES string of the molecule is CCNc1ccc(NC(=O)C(F)(F)F)cc1N=C1S/C(=C2\Sc3ccccc3N2C)C(=O)N1Cc1ccccc1. The molecule has 0 atom stereocenters. The molecule has 7 nitrogen and oxygen atoms in total. The molecule has 1 saturated heterocycles. The molecule has 0 radical (unpaired) electrons. The van der Waals surface area contributed by atoms with Crippen LogP contribution in [0, 0.1) is 0 Å². The number of alkyl halides is 3. The van der Waals surface area contributed by atoms with Crippen LogP contribution in [0.15, 0.2) is 92.6 Å². The number of para-hydroxylation sites is 1. The fourth-order valence-corrected chi connectivity index (χ4v) is 6.51. The number of fused-ring (bicyclic) bond motifs is 1. The largest absolute Gasteiger partial charge is 0.471 e. The molecular weight excluding hydrogens is 559 g/mol. The molecule has 0 saturated carbocycles. The van der Waals surface area contributed by atoms with Gasteiger partial charge in [-0.1, -0.05) is 54.2 Å². The van der Waals surface area contributed by atoms with E-state index in [1.54, 1.807) is 11.0 Å². The van der Waals surface area contributed by atoms with E-state index in [9.17, 15) is 22.8 Å². The second-order valence-electron chi connectivity index (χ2n) is 8.85. The van der Waals surface area contributed by atoms with E-state index in [1.165, 1.54) is 35.7 Å². The zero-order valence-electron chi connectivity index (χ0n) is 21.5. The number of nitrogens with zero attached hydrogens (tertiary/aromatic N) is 3. The Kier molecular flexibility index (Phi) is 7.81. The van der Waals surface area contributed by atoms with Crippen molar-refractivity contribution in [2.45, 2.75) is 24.5 Å². The second kappa shape index (κ2) is 11.3. The Labute approximate surface area is 237 Å². The van der Waals surface area contributed by atoms with Crippen molar-refractivity contribution < 1.29 is 22.8 Å². The van der Waals surface area contributed by atoms with Crippen molar-refractivity contribution in [3.05, 3.63) is 88.3 Å². The number of hydrogen-bond acceptors (Lipinski definition) is 7. The van der Waals surface area contributed by atoms with Crippen molar-refractivity contribution in [1.82, 2.24) is 4.90 Å². The number of anilines is 3. The van der Waals surface area contributed by atoms with Crippen LogP contribution in [0.1, 0.15) is 12.5 Å². The van der Waals surface area contributed by atoms with Crippen molar-refractivity contribution >= 4 is 63.3 Å². The van der Waals surface area contributed by atoms with Crippen molar-refractivity contribution in [2.24, 2.45) is 4.99 Å². The number of halogens is 3. The number of nitrogens with one attached hydrogen (secondary N) is 2. The number of amidine groups is 1. The van der Waals surface area contributed by atoms with Crippen LogP contribution in [0.4, 0.5) is 35.9 Å². The van der Waals surface area contributed by atoms with Crippen LogP contribution >= 0.6 is 23.5 Å². The van der Waals surface area contributed by atoms with E-state index >= 15 is 0 Å². The average molecular weight is 584 g/mol. The van der Waals surface area contributed by atoms with Gasteiger partial charge in [-0.25, -0.2) is 4.99 Å². The molecule has 2 aliphatic rings. The van der Waals surface area contributed by atoms with Crippen molar-refractivity contribution in [3.8, 4) is 0 Å². The molecular formula is C28H24F3N5O2S2. The van der Waals surface area contributed by atoms with Crippen LogP contribution in [0.5, 0.6) is 0 Å². The van der Waals surface area contributed by atoms with Gasteiger partial charge in [0, 0.05) is 24.2 Å². The van der Waals surface area contributed by atoms with E-state index in [-0.39, 0.29) is 23.8 Å². The molecule has 2 N–H and O–H groups in total. The van der Waals surface area contributed by atoms with Gasteiger partial charge in [-0.3, -0.25) is 14.5 Å². The molecule has 0 spiro atoms. The maximum absolute atomic E-state index is 13.9. The standard InChI is InChI=1S/C28H24F3N5O2S2/c1-3-32-19-14-13-18(33-26(38)28(29,30)31)15-20(19)34-27-36(16-17-9-5-4-6-10-17)24(37)23(40-27)25-35(2)21-11-7-8-12-22(21)39-25/h4-15,32H,3,16H2,1-2H3,(H,33,38)/b25-23-,34-27?. The highest BCUT2D eigenvalue weighted by molar-refractivity contribution is 8.19. The number of carbonyl (C=O) groups excluding carboxylic acids is 2. The molecule has 3 aromatic rings. The number of aliphatic imine (C=N–C) groups is 1. The molecule has 2 amide bonds. The lowest BCUT2D eigenvalue weighted by molar-refractivity contribution is -0.167. The third-order valence-corrected chi connectivity index (χ3v) is 8.51. The number of benzene rings is 3. The Hall–Kier alpha value is -3.90. The molecule has 40 heavy (non-hydrogen) atoms. The summed E-state index contributed by atoms with van der Waals surface area (Å²) in [5.74, 6) is -2.30. The third kappa shape index (κ3) is 5.68. The summed E-state index contributed by atoms with van der Waals surface area (Å²) >= 11 is 2.71.